The highest BCUT2D eigenvalue weighted by Crippen LogP contribution is 2.32. The van der Waals surface area contributed by atoms with Gasteiger partial charge in [-0.25, -0.2) is 8.42 Å². The lowest BCUT2D eigenvalue weighted by Gasteiger charge is -2.11. The first kappa shape index (κ1) is 22.1. The van der Waals surface area contributed by atoms with Gasteiger partial charge in [0.2, 0.25) is 5.91 Å². The number of hydrogen-bond acceptors (Lipinski definition) is 5. The third-order valence-corrected chi connectivity index (χ3v) is 6.76. The normalized spacial score (nSPS) is 14.0. The molecular formula is C23H22ClN3O4S. The summed E-state index contributed by atoms with van der Waals surface area (Å²) in [6, 6.07) is 11.4. The number of amides is 1. The van der Waals surface area contributed by atoms with Gasteiger partial charge in [0, 0.05) is 10.9 Å². The molecule has 1 fully saturated rings. The van der Waals surface area contributed by atoms with E-state index in [1.165, 1.54) is 12.1 Å². The van der Waals surface area contributed by atoms with Crippen LogP contribution in [0.2, 0.25) is 5.02 Å². The number of carbonyl (C=O) groups is 1. The lowest BCUT2D eigenvalue weighted by molar-refractivity contribution is -0.117. The van der Waals surface area contributed by atoms with Gasteiger partial charge >= 0.3 is 0 Å². The van der Waals surface area contributed by atoms with Crippen molar-refractivity contribution < 1.29 is 17.7 Å². The van der Waals surface area contributed by atoms with Crippen LogP contribution >= 0.6 is 11.6 Å². The Kier molecular flexibility index (Phi) is 6.08. The monoisotopic (exact) mass is 471 g/mol. The van der Waals surface area contributed by atoms with E-state index in [-0.39, 0.29) is 16.7 Å². The zero-order valence-electron chi connectivity index (χ0n) is 17.6. The highest BCUT2D eigenvalue weighted by molar-refractivity contribution is 7.92. The largest absolute Gasteiger partial charge is 0.354 e. The number of halogens is 1. The van der Waals surface area contributed by atoms with Crippen LogP contribution in [-0.4, -0.2) is 19.5 Å². The Morgan fingerprint density at radius 1 is 1.12 bits per heavy atom. The molecule has 0 spiro atoms. The topological polar surface area (TPSA) is 101 Å². The predicted octanol–water partition coefficient (Wildman–Crippen LogP) is 5.26. The van der Waals surface area contributed by atoms with Gasteiger partial charge in [-0.2, -0.15) is 0 Å². The summed E-state index contributed by atoms with van der Waals surface area (Å²) in [7, 11) is -3.76. The summed E-state index contributed by atoms with van der Waals surface area (Å²) in [6.45, 7) is 3.56. The molecule has 9 heteroatoms. The molecule has 0 atom stereocenters. The average molecular weight is 472 g/mol. The number of nitrogens with one attached hydrogen (secondary N) is 2. The smallest absolute Gasteiger partial charge is 0.261 e. The van der Waals surface area contributed by atoms with E-state index < -0.39 is 10.0 Å². The maximum absolute atomic E-state index is 12.7. The van der Waals surface area contributed by atoms with E-state index in [1.54, 1.807) is 56.3 Å². The number of rotatable bonds is 7. The molecule has 0 saturated heterocycles. The number of benzene rings is 2. The molecule has 1 saturated carbocycles. The summed E-state index contributed by atoms with van der Waals surface area (Å²) in [5.74, 6) is 0.481. The molecule has 1 aliphatic rings. The lowest BCUT2D eigenvalue weighted by atomic mass is 10.2. The standard InChI is InChI=1S/C23H22ClN3O4S/c1-14-3-9-18(24)13-20(14)27-32(29,30)19-10-4-16(5-11-19)6-12-21-22(15(2)26-31-21)25-23(28)17-7-8-17/h3-6,9-13,17,27H,7-8H2,1-2H3,(H,25,28). The quantitative estimate of drug-likeness (QED) is 0.489. The minimum atomic E-state index is -3.76. The molecule has 32 heavy (non-hydrogen) atoms. The summed E-state index contributed by atoms with van der Waals surface area (Å²) in [6.07, 6.45) is 5.27. The van der Waals surface area contributed by atoms with E-state index in [0.29, 0.717) is 27.9 Å². The van der Waals surface area contributed by atoms with Gasteiger partial charge in [0.15, 0.2) is 5.76 Å². The van der Waals surface area contributed by atoms with Crippen LogP contribution in [0.1, 0.15) is 35.4 Å². The number of nitrogens with zero attached hydrogens (tertiary/aromatic N) is 1. The van der Waals surface area contributed by atoms with Crippen LogP contribution in [0, 0.1) is 19.8 Å². The summed E-state index contributed by atoms with van der Waals surface area (Å²) in [5, 5.41) is 7.25. The molecule has 7 nitrogen and oxygen atoms in total. The van der Waals surface area contributed by atoms with Crippen molar-refractivity contribution in [1.29, 1.82) is 0 Å². The third-order valence-electron chi connectivity index (χ3n) is 5.15. The van der Waals surface area contributed by atoms with Gasteiger partial charge in [0.25, 0.3) is 10.0 Å². The maximum Gasteiger partial charge on any atom is 0.261 e. The second-order valence-electron chi connectivity index (χ2n) is 7.74. The van der Waals surface area contributed by atoms with Crippen molar-refractivity contribution in [2.45, 2.75) is 31.6 Å². The molecular weight excluding hydrogens is 450 g/mol. The SMILES string of the molecule is Cc1ccc(Cl)cc1NS(=O)(=O)c1ccc(C=Cc2onc(C)c2NC(=O)C2CC2)cc1. The first-order valence-electron chi connectivity index (χ1n) is 10.1. The summed E-state index contributed by atoms with van der Waals surface area (Å²) < 4.78 is 33.3. The van der Waals surface area contributed by atoms with Crippen LogP contribution in [0.5, 0.6) is 0 Å². The van der Waals surface area contributed by atoms with Crippen molar-refractivity contribution in [1.82, 2.24) is 5.16 Å². The zero-order chi connectivity index (χ0) is 22.9. The molecule has 1 amide bonds. The molecule has 166 valence electrons. The maximum atomic E-state index is 12.7. The van der Waals surface area contributed by atoms with Gasteiger partial charge < -0.3 is 9.84 Å². The Bertz CT molecular complexity index is 1290. The van der Waals surface area contributed by atoms with E-state index in [1.807, 2.05) is 0 Å². The van der Waals surface area contributed by atoms with Gasteiger partial charge in [-0.1, -0.05) is 41.0 Å². The van der Waals surface area contributed by atoms with Gasteiger partial charge in [0.1, 0.15) is 11.4 Å². The molecule has 0 aliphatic heterocycles. The van der Waals surface area contributed by atoms with Crippen LogP contribution in [0.4, 0.5) is 11.4 Å². The lowest BCUT2D eigenvalue weighted by Crippen LogP contribution is -2.14. The summed E-state index contributed by atoms with van der Waals surface area (Å²) in [4.78, 5) is 12.2. The first-order chi connectivity index (χ1) is 15.2. The number of aryl methyl sites for hydroxylation is 2. The minimum Gasteiger partial charge on any atom is -0.354 e. The number of carbonyl (C=O) groups excluding carboxylic acids is 1. The van der Waals surface area contributed by atoms with Gasteiger partial charge in [0.05, 0.1) is 10.6 Å². The molecule has 4 rings (SSSR count). The molecule has 0 bridgehead atoms. The van der Waals surface area contributed by atoms with E-state index in [2.05, 4.69) is 15.2 Å². The second-order valence-corrected chi connectivity index (χ2v) is 9.86. The van der Waals surface area contributed by atoms with Gasteiger partial charge in [-0.3, -0.25) is 9.52 Å². The number of hydrogen-bond donors (Lipinski definition) is 2. The zero-order valence-corrected chi connectivity index (χ0v) is 19.1. The third kappa shape index (κ3) is 5.03. The molecule has 2 N–H and O–H groups in total. The number of aromatic nitrogens is 1. The van der Waals surface area contributed by atoms with E-state index >= 15 is 0 Å². The Morgan fingerprint density at radius 2 is 1.84 bits per heavy atom. The minimum absolute atomic E-state index is 0.0250. The predicted molar refractivity (Wildman–Crippen MR) is 125 cm³/mol. The van der Waals surface area contributed by atoms with Crippen molar-refractivity contribution in [3.05, 3.63) is 70.1 Å². The van der Waals surface area contributed by atoms with Crippen LogP contribution in [0.15, 0.2) is 51.9 Å². The summed E-state index contributed by atoms with van der Waals surface area (Å²) >= 11 is 5.98. The van der Waals surface area contributed by atoms with Gasteiger partial charge in [-0.05, 0) is 68.2 Å². The van der Waals surface area contributed by atoms with Crippen molar-refractivity contribution >= 4 is 51.1 Å². The van der Waals surface area contributed by atoms with Crippen LogP contribution < -0.4 is 10.0 Å². The second kappa shape index (κ2) is 8.80. The van der Waals surface area contributed by atoms with Gasteiger partial charge in [-0.15, -0.1) is 0 Å². The Balaban J connectivity index is 1.49. The van der Waals surface area contributed by atoms with Crippen LogP contribution in [-0.2, 0) is 14.8 Å². The molecule has 1 aliphatic carbocycles. The fraction of sp³-hybridized carbons (Fsp3) is 0.217. The van der Waals surface area contributed by atoms with E-state index in [9.17, 15) is 13.2 Å². The van der Waals surface area contributed by atoms with E-state index in [4.69, 9.17) is 16.1 Å². The van der Waals surface area contributed by atoms with Crippen molar-refractivity contribution in [3.63, 3.8) is 0 Å². The molecule has 0 unspecified atom stereocenters. The Morgan fingerprint density at radius 3 is 2.53 bits per heavy atom. The first-order valence-corrected chi connectivity index (χ1v) is 11.9. The average Bonchev–Trinajstić information content (AvgIpc) is 3.55. The van der Waals surface area contributed by atoms with E-state index in [0.717, 1.165) is 24.0 Å². The fourth-order valence-electron chi connectivity index (χ4n) is 3.06. The summed E-state index contributed by atoms with van der Waals surface area (Å²) in [5.41, 5.74) is 3.12. The molecule has 0 radical (unpaired) electrons. The Hall–Kier alpha value is -3.10. The highest BCUT2D eigenvalue weighted by Gasteiger charge is 2.30. The molecule has 1 heterocycles. The van der Waals surface area contributed by atoms with Crippen molar-refractivity contribution in [2.75, 3.05) is 10.0 Å². The Labute approximate surface area is 191 Å². The highest BCUT2D eigenvalue weighted by atomic mass is 35.5. The molecule has 2 aromatic carbocycles. The number of anilines is 2. The van der Waals surface area contributed by atoms with Crippen LogP contribution in [0.3, 0.4) is 0 Å². The fourth-order valence-corrected chi connectivity index (χ4v) is 4.36. The number of sulfonamides is 1. The molecule has 3 aromatic rings. The van der Waals surface area contributed by atoms with Crippen LogP contribution in [0.25, 0.3) is 12.2 Å². The van der Waals surface area contributed by atoms with Crippen molar-refractivity contribution in [2.24, 2.45) is 5.92 Å². The molecule has 1 aromatic heterocycles. The van der Waals surface area contributed by atoms with Crippen molar-refractivity contribution in [3.8, 4) is 0 Å².